The summed E-state index contributed by atoms with van der Waals surface area (Å²) < 4.78 is 0. The van der Waals surface area contributed by atoms with Crippen LogP contribution in [0.3, 0.4) is 0 Å². The first-order chi connectivity index (χ1) is 9.11. The smallest absolute Gasteiger partial charge is 0.239 e. The minimum Gasteiger partial charge on any atom is -0.393 e. The summed E-state index contributed by atoms with van der Waals surface area (Å²) in [7, 11) is 0. The average Bonchev–Trinajstić information content (AvgIpc) is 2.46. The number of hydrogen-bond donors (Lipinski definition) is 1. The molecule has 19 heavy (non-hydrogen) atoms. The number of rotatable bonds is 3. The lowest BCUT2D eigenvalue weighted by Gasteiger charge is -2.39. The highest BCUT2D eigenvalue weighted by Crippen LogP contribution is 2.15. The summed E-state index contributed by atoms with van der Waals surface area (Å²) in [6.45, 7) is 10.6. The van der Waals surface area contributed by atoms with Crippen LogP contribution < -0.4 is 0 Å². The molecule has 1 unspecified atom stereocenters. The molecule has 0 saturated carbocycles. The molecule has 2 fully saturated rings. The molecule has 2 heterocycles. The second-order valence-corrected chi connectivity index (χ2v) is 5.70. The van der Waals surface area contributed by atoms with Crippen molar-refractivity contribution in [2.75, 3.05) is 45.8 Å². The Bertz CT molecular complexity index is 295. The Morgan fingerprint density at radius 2 is 1.74 bits per heavy atom. The number of likely N-dealkylation sites (N-methyl/N-ethyl adjacent to an activating group) is 1. The molecule has 0 aromatic carbocycles. The summed E-state index contributed by atoms with van der Waals surface area (Å²) in [5.41, 5.74) is 0. The number of piperidine rings is 1. The quantitative estimate of drug-likeness (QED) is 0.783. The van der Waals surface area contributed by atoms with Crippen molar-refractivity contribution in [3.8, 4) is 0 Å². The van der Waals surface area contributed by atoms with E-state index in [-0.39, 0.29) is 18.1 Å². The predicted molar refractivity (Wildman–Crippen MR) is 75.0 cm³/mol. The van der Waals surface area contributed by atoms with Crippen LogP contribution in [0.5, 0.6) is 0 Å². The lowest BCUT2D eigenvalue weighted by Crippen LogP contribution is -2.55. The van der Waals surface area contributed by atoms with Gasteiger partial charge in [0.2, 0.25) is 5.91 Å². The third-order valence-corrected chi connectivity index (χ3v) is 4.54. The van der Waals surface area contributed by atoms with E-state index >= 15 is 0 Å². The van der Waals surface area contributed by atoms with E-state index in [0.29, 0.717) is 0 Å². The van der Waals surface area contributed by atoms with E-state index < -0.39 is 0 Å². The zero-order chi connectivity index (χ0) is 13.8. The molecule has 0 radical (unpaired) electrons. The van der Waals surface area contributed by atoms with Crippen molar-refractivity contribution in [3.63, 3.8) is 0 Å². The van der Waals surface area contributed by atoms with Crippen LogP contribution in [0, 0.1) is 0 Å². The van der Waals surface area contributed by atoms with E-state index in [0.717, 1.165) is 58.7 Å². The van der Waals surface area contributed by atoms with E-state index in [1.165, 1.54) is 0 Å². The molecule has 1 amide bonds. The van der Waals surface area contributed by atoms with E-state index in [2.05, 4.69) is 16.7 Å². The number of aliphatic hydroxyl groups is 1. The molecule has 1 N–H and O–H groups in total. The molecule has 1 atom stereocenters. The summed E-state index contributed by atoms with van der Waals surface area (Å²) in [5.74, 6) is 0.257. The van der Waals surface area contributed by atoms with Gasteiger partial charge in [0.1, 0.15) is 0 Å². The summed E-state index contributed by atoms with van der Waals surface area (Å²) in [5, 5.41) is 9.52. The van der Waals surface area contributed by atoms with Gasteiger partial charge in [-0.15, -0.1) is 0 Å². The van der Waals surface area contributed by atoms with Gasteiger partial charge in [-0.05, 0) is 26.3 Å². The van der Waals surface area contributed by atoms with Crippen molar-refractivity contribution in [1.82, 2.24) is 14.7 Å². The first-order valence-electron chi connectivity index (χ1n) is 7.55. The Kier molecular flexibility index (Phi) is 5.19. The van der Waals surface area contributed by atoms with Gasteiger partial charge in [-0.25, -0.2) is 0 Å². The van der Waals surface area contributed by atoms with Crippen molar-refractivity contribution < 1.29 is 9.90 Å². The van der Waals surface area contributed by atoms with Crippen molar-refractivity contribution >= 4 is 5.91 Å². The van der Waals surface area contributed by atoms with E-state index in [9.17, 15) is 9.90 Å². The Morgan fingerprint density at radius 3 is 2.26 bits per heavy atom. The lowest BCUT2D eigenvalue weighted by atomic mass is 10.1. The fourth-order valence-electron chi connectivity index (χ4n) is 2.98. The molecule has 0 aliphatic carbocycles. The van der Waals surface area contributed by atoms with Gasteiger partial charge >= 0.3 is 0 Å². The van der Waals surface area contributed by atoms with E-state index in [1.807, 2.05) is 11.8 Å². The highest BCUT2D eigenvalue weighted by molar-refractivity contribution is 5.81. The maximum absolute atomic E-state index is 12.5. The second kappa shape index (κ2) is 6.68. The Hall–Kier alpha value is -0.650. The normalized spacial score (nSPS) is 25.5. The second-order valence-electron chi connectivity index (χ2n) is 5.70. The zero-order valence-corrected chi connectivity index (χ0v) is 12.2. The van der Waals surface area contributed by atoms with Crippen LogP contribution in [0.2, 0.25) is 0 Å². The number of nitrogens with zero attached hydrogens (tertiary/aromatic N) is 3. The van der Waals surface area contributed by atoms with E-state index in [1.54, 1.807) is 0 Å². The van der Waals surface area contributed by atoms with Gasteiger partial charge in [-0.3, -0.25) is 9.69 Å². The van der Waals surface area contributed by atoms with Crippen LogP contribution in [0.1, 0.15) is 26.7 Å². The minimum absolute atomic E-state index is 0.0410. The Labute approximate surface area is 116 Å². The molecule has 5 nitrogen and oxygen atoms in total. The molecular weight excluding hydrogens is 242 g/mol. The average molecular weight is 269 g/mol. The molecule has 0 aromatic heterocycles. The minimum atomic E-state index is -0.174. The molecule has 0 spiro atoms. The molecule has 110 valence electrons. The monoisotopic (exact) mass is 269 g/mol. The third kappa shape index (κ3) is 3.68. The summed E-state index contributed by atoms with van der Waals surface area (Å²) in [6.07, 6.45) is 1.41. The Balaban J connectivity index is 1.82. The summed E-state index contributed by atoms with van der Waals surface area (Å²) in [4.78, 5) is 19.1. The van der Waals surface area contributed by atoms with Crippen molar-refractivity contribution in [3.05, 3.63) is 0 Å². The van der Waals surface area contributed by atoms with E-state index in [4.69, 9.17) is 0 Å². The molecule has 2 rings (SSSR count). The highest BCUT2D eigenvalue weighted by Gasteiger charge is 2.30. The fourth-order valence-corrected chi connectivity index (χ4v) is 2.98. The van der Waals surface area contributed by atoms with Crippen molar-refractivity contribution in [2.24, 2.45) is 0 Å². The third-order valence-electron chi connectivity index (χ3n) is 4.54. The van der Waals surface area contributed by atoms with Gasteiger partial charge in [0.15, 0.2) is 0 Å². The fraction of sp³-hybridized carbons (Fsp3) is 0.929. The first-order valence-corrected chi connectivity index (χ1v) is 7.55. The largest absolute Gasteiger partial charge is 0.393 e. The van der Waals surface area contributed by atoms with Gasteiger partial charge in [0, 0.05) is 39.3 Å². The van der Waals surface area contributed by atoms with Gasteiger partial charge in [-0.1, -0.05) is 6.92 Å². The van der Waals surface area contributed by atoms with Gasteiger partial charge < -0.3 is 14.9 Å². The van der Waals surface area contributed by atoms with Crippen LogP contribution in [0.4, 0.5) is 0 Å². The topological polar surface area (TPSA) is 47.0 Å². The molecule has 5 heteroatoms. The van der Waals surface area contributed by atoms with Crippen molar-refractivity contribution in [2.45, 2.75) is 38.8 Å². The van der Waals surface area contributed by atoms with Crippen LogP contribution in [0.15, 0.2) is 0 Å². The molecular formula is C14H27N3O2. The number of carbonyl (C=O) groups is 1. The number of carbonyl (C=O) groups excluding carboxylic acids is 1. The maximum atomic E-state index is 12.5. The number of amides is 1. The van der Waals surface area contributed by atoms with Crippen LogP contribution in [-0.4, -0.2) is 83.7 Å². The number of piperazine rings is 1. The van der Waals surface area contributed by atoms with Gasteiger partial charge in [0.05, 0.1) is 12.1 Å². The predicted octanol–water partition coefficient (Wildman–Crippen LogP) is -0.00430. The van der Waals surface area contributed by atoms with Gasteiger partial charge in [0.25, 0.3) is 0 Å². The van der Waals surface area contributed by atoms with Crippen LogP contribution in [0.25, 0.3) is 0 Å². The molecule has 0 aromatic rings. The zero-order valence-electron chi connectivity index (χ0n) is 12.2. The number of likely N-dealkylation sites (tertiary alicyclic amines) is 1. The van der Waals surface area contributed by atoms with Crippen LogP contribution in [-0.2, 0) is 4.79 Å². The van der Waals surface area contributed by atoms with Crippen molar-refractivity contribution in [1.29, 1.82) is 0 Å². The molecule has 2 saturated heterocycles. The maximum Gasteiger partial charge on any atom is 0.239 e. The molecule has 2 aliphatic heterocycles. The SMILES string of the molecule is CCN1CCN(C(=O)C(C)N2CCC(O)CC2)CC1. The molecule has 2 aliphatic rings. The lowest BCUT2D eigenvalue weighted by molar-refractivity contribution is -0.139. The first kappa shape index (κ1) is 14.8. The summed E-state index contributed by atoms with van der Waals surface area (Å²) >= 11 is 0. The Morgan fingerprint density at radius 1 is 1.16 bits per heavy atom. The highest BCUT2D eigenvalue weighted by atomic mass is 16.3. The summed E-state index contributed by atoms with van der Waals surface area (Å²) in [6, 6.07) is -0.0410. The van der Waals surface area contributed by atoms with Crippen LogP contribution >= 0.6 is 0 Å². The number of aliphatic hydroxyl groups excluding tert-OH is 1. The standard InChI is InChI=1S/C14H27N3O2/c1-3-15-8-10-17(11-9-15)14(19)12(2)16-6-4-13(18)5-7-16/h12-13,18H,3-11H2,1-2H3. The van der Waals surface area contributed by atoms with Gasteiger partial charge in [-0.2, -0.15) is 0 Å². The molecule has 0 bridgehead atoms. The number of hydrogen-bond acceptors (Lipinski definition) is 4.